The van der Waals surface area contributed by atoms with Crippen LogP contribution in [0.25, 0.3) is 0 Å². The number of hydrogen-bond acceptors (Lipinski definition) is 6. The van der Waals surface area contributed by atoms with Gasteiger partial charge in [-0.05, 0) is 48.8 Å². The SMILES string of the molecule is CCN(CC)CCOc1ccc2c(c1)CCNC2c1cc(OC)c(OC)cc1OC. The van der Waals surface area contributed by atoms with Crippen LogP contribution >= 0.6 is 0 Å². The Morgan fingerprint density at radius 2 is 1.60 bits per heavy atom. The average Bonchev–Trinajstić information content (AvgIpc) is 2.80. The van der Waals surface area contributed by atoms with E-state index in [-0.39, 0.29) is 6.04 Å². The van der Waals surface area contributed by atoms with Crippen LogP contribution < -0.4 is 24.3 Å². The van der Waals surface area contributed by atoms with Crippen LogP contribution in [0.5, 0.6) is 23.0 Å². The van der Waals surface area contributed by atoms with E-state index in [2.05, 4.69) is 42.3 Å². The van der Waals surface area contributed by atoms with E-state index in [1.54, 1.807) is 21.3 Å². The normalized spacial score (nSPS) is 15.6. The summed E-state index contributed by atoms with van der Waals surface area (Å²) in [6.45, 7) is 8.98. The van der Waals surface area contributed by atoms with Gasteiger partial charge in [0.15, 0.2) is 11.5 Å². The largest absolute Gasteiger partial charge is 0.496 e. The van der Waals surface area contributed by atoms with Crippen molar-refractivity contribution in [1.82, 2.24) is 10.2 Å². The van der Waals surface area contributed by atoms with Gasteiger partial charge in [-0.1, -0.05) is 19.9 Å². The molecule has 164 valence electrons. The predicted molar refractivity (Wildman–Crippen MR) is 119 cm³/mol. The summed E-state index contributed by atoms with van der Waals surface area (Å²) >= 11 is 0. The van der Waals surface area contributed by atoms with Gasteiger partial charge in [0, 0.05) is 24.7 Å². The van der Waals surface area contributed by atoms with Crippen LogP contribution in [0, 0.1) is 0 Å². The Bertz CT molecular complexity index is 836. The first-order valence-corrected chi connectivity index (χ1v) is 10.7. The predicted octanol–water partition coefficient (Wildman–Crippen LogP) is 3.67. The molecule has 1 atom stereocenters. The van der Waals surface area contributed by atoms with Crippen molar-refractivity contribution in [2.75, 3.05) is 54.1 Å². The smallest absolute Gasteiger partial charge is 0.164 e. The summed E-state index contributed by atoms with van der Waals surface area (Å²) in [5, 5.41) is 3.62. The number of fused-ring (bicyclic) bond motifs is 1. The molecule has 0 fully saturated rings. The molecule has 1 heterocycles. The van der Waals surface area contributed by atoms with E-state index in [1.165, 1.54) is 11.1 Å². The fourth-order valence-electron chi connectivity index (χ4n) is 4.02. The van der Waals surface area contributed by atoms with Crippen LogP contribution in [0.1, 0.15) is 36.6 Å². The molecule has 1 aliphatic rings. The van der Waals surface area contributed by atoms with Gasteiger partial charge in [0.2, 0.25) is 0 Å². The number of hydrogen-bond donors (Lipinski definition) is 1. The number of nitrogens with one attached hydrogen (secondary N) is 1. The van der Waals surface area contributed by atoms with Crippen LogP contribution in [0.4, 0.5) is 0 Å². The van der Waals surface area contributed by atoms with Gasteiger partial charge in [-0.15, -0.1) is 0 Å². The molecule has 2 aromatic carbocycles. The van der Waals surface area contributed by atoms with Crippen molar-refractivity contribution in [3.05, 3.63) is 47.0 Å². The molecular weight excluding hydrogens is 380 g/mol. The van der Waals surface area contributed by atoms with E-state index >= 15 is 0 Å². The number of rotatable bonds is 10. The maximum atomic E-state index is 6.04. The molecule has 0 aromatic heterocycles. The van der Waals surface area contributed by atoms with Crippen LogP contribution in [-0.2, 0) is 6.42 Å². The molecule has 6 nitrogen and oxygen atoms in total. The summed E-state index contributed by atoms with van der Waals surface area (Å²) in [6.07, 6.45) is 0.967. The summed E-state index contributed by atoms with van der Waals surface area (Å²) < 4.78 is 22.7. The third-order valence-corrected chi connectivity index (χ3v) is 5.79. The molecule has 6 heteroatoms. The maximum absolute atomic E-state index is 6.04. The summed E-state index contributed by atoms with van der Waals surface area (Å²) in [5.41, 5.74) is 3.57. The lowest BCUT2D eigenvalue weighted by atomic mass is 9.89. The third-order valence-electron chi connectivity index (χ3n) is 5.79. The lowest BCUT2D eigenvalue weighted by Crippen LogP contribution is -2.31. The van der Waals surface area contributed by atoms with Gasteiger partial charge >= 0.3 is 0 Å². The second-order valence-electron chi connectivity index (χ2n) is 7.32. The molecular formula is C24H34N2O4. The topological polar surface area (TPSA) is 52.2 Å². The van der Waals surface area contributed by atoms with Crippen molar-refractivity contribution in [3.8, 4) is 23.0 Å². The monoisotopic (exact) mass is 414 g/mol. The lowest BCUT2D eigenvalue weighted by Gasteiger charge is -2.29. The minimum atomic E-state index is 0.0215. The fourth-order valence-corrected chi connectivity index (χ4v) is 4.02. The molecule has 1 unspecified atom stereocenters. The Kier molecular flexibility index (Phi) is 7.82. The lowest BCUT2D eigenvalue weighted by molar-refractivity contribution is 0.222. The van der Waals surface area contributed by atoms with E-state index in [9.17, 15) is 0 Å². The summed E-state index contributed by atoms with van der Waals surface area (Å²) in [4.78, 5) is 2.36. The number of benzene rings is 2. The van der Waals surface area contributed by atoms with Gasteiger partial charge < -0.3 is 29.2 Å². The Labute approximate surface area is 180 Å². The zero-order valence-corrected chi connectivity index (χ0v) is 18.8. The molecule has 0 spiro atoms. The molecule has 2 aromatic rings. The van der Waals surface area contributed by atoms with Crippen LogP contribution in [0.15, 0.2) is 30.3 Å². The zero-order chi connectivity index (χ0) is 21.5. The zero-order valence-electron chi connectivity index (χ0n) is 18.8. The first-order valence-electron chi connectivity index (χ1n) is 10.7. The minimum Gasteiger partial charge on any atom is -0.496 e. The van der Waals surface area contributed by atoms with Crippen molar-refractivity contribution >= 4 is 0 Å². The molecule has 0 radical (unpaired) electrons. The van der Waals surface area contributed by atoms with E-state index in [0.717, 1.165) is 49.7 Å². The van der Waals surface area contributed by atoms with Gasteiger partial charge in [0.1, 0.15) is 18.1 Å². The number of ether oxygens (including phenoxy) is 4. The van der Waals surface area contributed by atoms with Gasteiger partial charge in [-0.25, -0.2) is 0 Å². The molecule has 0 amide bonds. The van der Waals surface area contributed by atoms with E-state index in [1.807, 2.05) is 12.1 Å². The number of likely N-dealkylation sites (N-methyl/N-ethyl adjacent to an activating group) is 1. The highest BCUT2D eigenvalue weighted by Crippen LogP contribution is 2.41. The van der Waals surface area contributed by atoms with Crippen molar-refractivity contribution in [2.24, 2.45) is 0 Å². The van der Waals surface area contributed by atoms with Gasteiger partial charge in [-0.3, -0.25) is 0 Å². The molecule has 0 saturated heterocycles. The van der Waals surface area contributed by atoms with Crippen LogP contribution in [-0.4, -0.2) is 59.0 Å². The molecule has 3 rings (SSSR count). The van der Waals surface area contributed by atoms with E-state index in [0.29, 0.717) is 18.1 Å². The van der Waals surface area contributed by atoms with Crippen molar-refractivity contribution in [3.63, 3.8) is 0 Å². The quantitative estimate of drug-likeness (QED) is 0.640. The molecule has 30 heavy (non-hydrogen) atoms. The van der Waals surface area contributed by atoms with Crippen molar-refractivity contribution in [2.45, 2.75) is 26.3 Å². The van der Waals surface area contributed by atoms with Gasteiger partial charge in [0.25, 0.3) is 0 Å². The van der Waals surface area contributed by atoms with E-state index in [4.69, 9.17) is 18.9 Å². The molecule has 1 aliphatic heterocycles. The van der Waals surface area contributed by atoms with Gasteiger partial charge in [0.05, 0.1) is 27.4 Å². The first kappa shape index (κ1) is 22.2. The summed E-state index contributed by atoms with van der Waals surface area (Å²) in [6, 6.07) is 10.3. The van der Waals surface area contributed by atoms with Gasteiger partial charge in [-0.2, -0.15) is 0 Å². The fraction of sp³-hybridized carbons (Fsp3) is 0.500. The molecule has 0 aliphatic carbocycles. The molecule has 1 N–H and O–H groups in total. The van der Waals surface area contributed by atoms with Crippen LogP contribution in [0.3, 0.4) is 0 Å². The second kappa shape index (κ2) is 10.5. The number of nitrogens with zero attached hydrogens (tertiary/aromatic N) is 1. The Balaban J connectivity index is 1.84. The Morgan fingerprint density at radius 3 is 2.27 bits per heavy atom. The minimum absolute atomic E-state index is 0.0215. The highest BCUT2D eigenvalue weighted by molar-refractivity contribution is 5.55. The highest BCUT2D eigenvalue weighted by Gasteiger charge is 2.26. The van der Waals surface area contributed by atoms with Crippen molar-refractivity contribution < 1.29 is 18.9 Å². The Morgan fingerprint density at radius 1 is 0.900 bits per heavy atom. The number of methoxy groups -OCH3 is 3. The summed E-state index contributed by atoms with van der Waals surface area (Å²) in [7, 11) is 4.96. The van der Waals surface area contributed by atoms with Crippen molar-refractivity contribution in [1.29, 1.82) is 0 Å². The van der Waals surface area contributed by atoms with Crippen LogP contribution in [0.2, 0.25) is 0 Å². The van der Waals surface area contributed by atoms with E-state index < -0.39 is 0 Å². The highest BCUT2D eigenvalue weighted by atomic mass is 16.5. The average molecular weight is 415 g/mol. The summed E-state index contributed by atoms with van der Waals surface area (Å²) in [5.74, 6) is 3.06. The standard InChI is InChI=1S/C24H34N2O4/c1-6-26(7-2)12-13-30-18-8-9-19-17(14-18)10-11-25-24(19)20-15-22(28-4)23(29-5)16-21(20)27-3/h8-9,14-16,24-25H,6-7,10-13H2,1-5H3. The molecule has 0 saturated carbocycles. The molecule has 0 bridgehead atoms. The third kappa shape index (κ3) is 4.82. The maximum Gasteiger partial charge on any atom is 0.164 e. The Hall–Kier alpha value is -2.44. The first-order chi connectivity index (χ1) is 14.6. The second-order valence-corrected chi connectivity index (χ2v) is 7.32.